The highest BCUT2D eigenvalue weighted by Crippen LogP contribution is 2.10. The summed E-state index contributed by atoms with van der Waals surface area (Å²) in [6.45, 7) is 2.59. The van der Waals surface area contributed by atoms with Crippen molar-refractivity contribution < 1.29 is 44.1 Å². The SMILES string of the molecule is CCC(C)C(NC(=O)C(N)CCC(=O)O)C(=O)NC(CC(=O)O)C(=O)NCC(=O)O. The first kappa shape index (κ1) is 26.8. The standard InChI is InChI=1S/C17H28N4O9/c1-3-8(2)14(21-15(28)9(18)4-5-11(22)23)17(30)20-10(6-12(24)25)16(29)19-7-13(26)27/h8-10,14H,3-7,18H2,1-2H3,(H,19,29)(H,20,30)(H,21,28)(H,22,23)(H,24,25)(H,26,27). The summed E-state index contributed by atoms with van der Waals surface area (Å²) in [6.07, 6.45) is -0.886. The number of carbonyl (C=O) groups excluding carboxylic acids is 3. The number of hydrogen-bond donors (Lipinski definition) is 7. The molecule has 8 N–H and O–H groups in total. The Bertz CT molecular complexity index is 668. The van der Waals surface area contributed by atoms with Crippen LogP contribution in [0.1, 0.15) is 39.5 Å². The minimum atomic E-state index is -1.57. The number of carboxylic acids is 3. The average molecular weight is 432 g/mol. The second-order valence-electron chi connectivity index (χ2n) is 6.68. The first-order valence-electron chi connectivity index (χ1n) is 9.18. The van der Waals surface area contributed by atoms with Gasteiger partial charge in [-0.2, -0.15) is 0 Å². The zero-order valence-corrected chi connectivity index (χ0v) is 16.7. The van der Waals surface area contributed by atoms with E-state index in [4.69, 9.17) is 21.1 Å². The fourth-order valence-corrected chi connectivity index (χ4v) is 2.30. The number of rotatable bonds is 14. The number of nitrogens with two attached hydrogens (primary N) is 1. The lowest BCUT2D eigenvalue weighted by Gasteiger charge is -2.27. The Kier molecular flexibility index (Phi) is 11.7. The van der Waals surface area contributed by atoms with Crippen LogP contribution < -0.4 is 21.7 Å². The highest BCUT2D eigenvalue weighted by molar-refractivity contribution is 5.95. The molecule has 0 saturated carbocycles. The van der Waals surface area contributed by atoms with Crippen LogP contribution in [0.3, 0.4) is 0 Å². The van der Waals surface area contributed by atoms with Crippen LogP contribution in [0.15, 0.2) is 0 Å². The molecule has 0 aromatic carbocycles. The van der Waals surface area contributed by atoms with E-state index in [1.54, 1.807) is 13.8 Å². The number of aliphatic carboxylic acids is 3. The van der Waals surface area contributed by atoms with Crippen LogP contribution in [0.25, 0.3) is 0 Å². The molecule has 0 aliphatic heterocycles. The molecule has 0 radical (unpaired) electrons. The maximum Gasteiger partial charge on any atom is 0.322 e. The Morgan fingerprint density at radius 2 is 1.47 bits per heavy atom. The summed E-state index contributed by atoms with van der Waals surface area (Å²) < 4.78 is 0. The van der Waals surface area contributed by atoms with E-state index < -0.39 is 72.6 Å². The van der Waals surface area contributed by atoms with Crippen LogP contribution in [0.5, 0.6) is 0 Å². The Morgan fingerprint density at radius 1 is 0.867 bits per heavy atom. The van der Waals surface area contributed by atoms with Crippen LogP contribution in [0.2, 0.25) is 0 Å². The Balaban J connectivity index is 5.29. The van der Waals surface area contributed by atoms with Gasteiger partial charge in [-0.3, -0.25) is 28.8 Å². The molecule has 0 bridgehead atoms. The smallest absolute Gasteiger partial charge is 0.322 e. The molecule has 0 saturated heterocycles. The summed E-state index contributed by atoms with van der Waals surface area (Å²) in [5.41, 5.74) is 5.63. The van der Waals surface area contributed by atoms with Gasteiger partial charge >= 0.3 is 17.9 Å². The van der Waals surface area contributed by atoms with Gasteiger partial charge < -0.3 is 37.0 Å². The van der Waals surface area contributed by atoms with Crippen molar-refractivity contribution in [1.82, 2.24) is 16.0 Å². The predicted molar refractivity (Wildman–Crippen MR) is 101 cm³/mol. The van der Waals surface area contributed by atoms with Crippen LogP contribution in [0, 0.1) is 5.92 Å². The van der Waals surface area contributed by atoms with Gasteiger partial charge in [0.2, 0.25) is 17.7 Å². The largest absolute Gasteiger partial charge is 0.481 e. The van der Waals surface area contributed by atoms with Gasteiger partial charge in [-0.25, -0.2) is 0 Å². The van der Waals surface area contributed by atoms with Gasteiger partial charge in [-0.1, -0.05) is 20.3 Å². The van der Waals surface area contributed by atoms with Gasteiger partial charge in [-0.05, 0) is 12.3 Å². The van der Waals surface area contributed by atoms with Crippen molar-refractivity contribution in [2.45, 2.75) is 57.7 Å². The Morgan fingerprint density at radius 3 is 1.93 bits per heavy atom. The van der Waals surface area contributed by atoms with Crippen LogP contribution >= 0.6 is 0 Å². The van der Waals surface area contributed by atoms with Gasteiger partial charge in [0, 0.05) is 6.42 Å². The van der Waals surface area contributed by atoms with E-state index in [2.05, 4.69) is 10.6 Å². The summed E-state index contributed by atoms with van der Waals surface area (Å²) in [4.78, 5) is 69.1. The van der Waals surface area contributed by atoms with Gasteiger partial charge in [0.25, 0.3) is 0 Å². The number of hydrogen-bond acceptors (Lipinski definition) is 7. The zero-order chi connectivity index (χ0) is 23.4. The van der Waals surface area contributed by atoms with Crippen LogP contribution in [0.4, 0.5) is 0 Å². The predicted octanol–water partition coefficient (Wildman–Crippen LogP) is -2.13. The first-order valence-corrected chi connectivity index (χ1v) is 9.18. The topological polar surface area (TPSA) is 225 Å². The minimum Gasteiger partial charge on any atom is -0.481 e. The third-order valence-electron chi connectivity index (χ3n) is 4.22. The molecular formula is C17H28N4O9. The third kappa shape index (κ3) is 10.4. The van der Waals surface area contributed by atoms with Gasteiger partial charge in [0.15, 0.2) is 0 Å². The molecule has 13 nitrogen and oxygen atoms in total. The van der Waals surface area contributed by atoms with E-state index in [0.717, 1.165) is 0 Å². The van der Waals surface area contributed by atoms with Gasteiger partial charge in [-0.15, -0.1) is 0 Å². The van der Waals surface area contributed by atoms with Crippen molar-refractivity contribution in [3.63, 3.8) is 0 Å². The van der Waals surface area contributed by atoms with E-state index in [9.17, 15) is 28.8 Å². The third-order valence-corrected chi connectivity index (χ3v) is 4.22. The first-order chi connectivity index (χ1) is 13.9. The molecule has 0 spiro atoms. The average Bonchev–Trinajstić information content (AvgIpc) is 2.66. The van der Waals surface area contributed by atoms with Crippen molar-refractivity contribution in [1.29, 1.82) is 0 Å². The van der Waals surface area contributed by atoms with Crippen LogP contribution in [-0.4, -0.2) is 75.6 Å². The fraction of sp³-hybridized carbons (Fsp3) is 0.647. The lowest BCUT2D eigenvalue weighted by molar-refractivity contribution is -0.142. The van der Waals surface area contributed by atoms with Crippen LogP contribution in [-0.2, 0) is 28.8 Å². The maximum absolute atomic E-state index is 12.7. The number of carbonyl (C=O) groups is 6. The van der Waals surface area contributed by atoms with E-state index in [0.29, 0.717) is 6.42 Å². The van der Waals surface area contributed by atoms with E-state index >= 15 is 0 Å². The van der Waals surface area contributed by atoms with Gasteiger partial charge in [0.1, 0.15) is 18.6 Å². The normalized spacial score (nSPS) is 14.5. The fourth-order valence-electron chi connectivity index (χ4n) is 2.30. The summed E-state index contributed by atoms with van der Waals surface area (Å²) >= 11 is 0. The van der Waals surface area contributed by atoms with E-state index in [1.165, 1.54) is 0 Å². The molecule has 3 amide bonds. The molecule has 30 heavy (non-hydrogen) atoms. The summed E-state index contributed by atoms with van der Waals surface area (Å²) in [5.74, 6) is -7.00. The maximum atomic E-state index is 12.7. The molecular weight excluding hydrogens is 404 g/mol. The Labute approximate surface area is 172 Å². The molecule has 4 unspecified atom stereocenters. The molecule has 0 fully saturated rings. The monoisotopic (exact) mass is 432 g/mol. The minimum absolute atomic E-state index is 0.157. The number of nitrogens with one attached hydrogen (secondary N) is 3. The van der Waals surface area contributed by atoms with E-state index in [1.807, 2.05) is 5.32 Å². The molecule has 13 heteroatoms. The highest BCUT2D eigenvalue weighted by Gasteiger charge is 2.32. The number of amides is 3. The quantitative estimate of drug-likeness (QED) is 0.158. The molecule has 0 aliphatic rings. The highest BCUT2D eigenvalue weighted by atomic mass is 16.4. The molecule has 0 heterocycles. The molecule has 0 rings (SSSR count). The summed E-state index contributed by atoms with van der Waals surface area (Å²) in [7, 11) is 0. The molecule has 0 aromatic heterocycles. The van der Waals surface area contributed by atoms with Crippen molar-refractivity contribution in [2.24, 2.45) is 11.7 Å². The van der Waals surface area contributed by atoms with E-state index in [-0.39, 0.29) is 12.8 Å². The molecule has 4 atom stereocenters. The lowest BCUT2D eigenvalue weighted by atomic mass is 9.97. The Hall–Kier alpha value is -3.22. The van der Waals surface area contributed by atoms with Crippen molar-refractivity contribution in [3.05, 3.63) is 0 Å². The van der Waals surface area contributed by atoms with Crippen molar-refractivity contribution in [2.75, 3.05) is 6.54 Å². The van der Waals surface area contributed by atoms with Crippen molar-refractivity contribution >= 4 is 35.6 Å². The molecule has 170 valence electrons. The number of carboxylic acid groups (broad SMARTS) is 3. The zero-order valence-electron chi connectivity index (χ0n) is 16.7. The molecule has 0 aliphatic carbocycles. The second kappa shape index (κ2) is 13.1. The summed E-state index contributed by atoms with van der Waals surface area (Å²) in [6, 6.07) is -3.94. The lowest BCUT2D eigenvalue weighted by Crippen LogP contribution is -2.58. The van der Waals surface area contributed by atoms with Gasteiger partial charge in [0.05, 0.1) is 12.5 Å². The molecule has 0 aromatic rings. The van der Waals surface area contributed by atoms with Crippen molar-refractivity contribution in [3.8, 4) is 0 Å². The summed E-state index contributed by atoms with van der Waals surface area (Å²) in [5, 5.41) is 32.8. The second-order valence-corrected chi connectivity index (χ2v) is 6.68.